The van der Waals surface area contributed by atoms with Crippen LogP contribution in [0.1, 0.15) is 39.2 Å². The molecule has 1 heterocycles. The van der Waals surface area contributed by atoms with Gasteiger partial charge in [-0.1, -0.05) is 18.2 Å². The number of benzene rings is 2. The van der Waals surface area contributed by atoms with Crippen LogP contribution in [0.5, 0.6) is 0 Å². The number of thiophene rings is 1. The van der Waals surface area contributed by atoms with E-state index >= 15 is 0 Å². The number of carbonyl (C=O) groups is 2. The van der Waals surface area contributed by atoms with Gasteiger partial charge in [0.15, 0.2) is 11.6 Å². The van der Waals surface area contributed by atoms with Gasteiger partial charge in [-0.2, -0.15) is 11.3 Å². The fraction of sp³-hybridized carbons (Fsp3) is 0.100. The van der Waals surface area contributed by atoms with E-state index in [-0.39, 0.29) is 11.5 Å². The fourth-order valence-electron chi connectivity index (χ4n) is 2.52. The van der Waals surface area contributed by atoms with Crippen molar-refractivity contribution in [1.29, 1.82) is 0 Å². The normalized spacial score (nSPS) is 11.7. The van der Waals surface area contributed by atoms with E-state index < -0.39 is 23.6 Å². The van der Waals surface area contributed by atoms with Gasteiger partial charge < -0.3 is 10.6 Å². The minimum Gasteiger partial charge on any atom is -0.345 e. The van der Waals surface area contributed by atoms with Crippen molar-refractivity contribution in [1.82, 2.24) is 5.32 Å². The van der Waals surface area contributed by atoms with Gasteiger partial charge >= 0.3 is 0 Å². The number of amides is 2. The molecule has 3 rings (SSSR count). The third-order valence-electron chi connectivity index (χ3n) is 3.99. The maximum Gasteiger partial charge on any atom is 0.256 e. The third-order valence-corrected chi connectivity index (χ3v) is 4.68. The number of carbonyl (C=O) groups excluding carboxylic acids is 2. The first-order chi connectivity index (χ1) is 13.0. The quantitative estimate of drug-likeness (QED) is 0.664. The van der Waals surface area contributed by atoms with E-state index in [1.165, 1.54) is 17.4 Å². The molecule has 2 amide bonds. The Hall–Kier alpha value is -3.06. The number of hydrogen-bond acceptors (Lipinski definition) is 3. The predicted octanol–water partition coefficient (Wildman–Crippen LogP) is 4.77. The maximum atomic E-state index is 13.4. The van der Waals surface area contributed by atoms with Crippen molar-refractivity contribution in [3.05, 3.63) is 87.6 Å². The van der Waals surface area contributed by atoms with Crippen LogP contribution < -0.4 is 10.6 Å². The molecule has 0 aliphatic carbocycles. The lowest BCUT2D eigenvalue weighted by molar-refractivity contribution is 0.0940. The Morgan fingerprint density at radius 2 is 1.78 bits per heavy atom. The molecule has 2 N–H and O–H groups in total. The van der Waals surface area contributed by atoms with Crippen LogP contribution in [-0.2, 0) is 0 Å². The summed E-state index contributed by atoms with van der Waals surface area (Å²) in [5.41, 5.74) is 1.58. The number of hydrogen-bond donors (Lipinski definition) is 2. The summed E-state index contributed by atoms with van der Waals surface area (Å²) in [7, 11) is 0. The van der Waals surface area contributed by atoms with Crippen LogP contribution in [0.15, 0.2) is 59.3 Å². The summed E-state index contributed by atoms with van der Waals surface area (Å²) >= 11 is 1.40. The molecule has 0 saturated carbocycles. The zero-order valence-electron chi connectivity index (χ0n) is 14.3. The topological polar surface area (TPSA) is 58.2 Å². The molecule has 0 aliphatic heterocycles. The Labute approximate surface area is 158 Å². The van der Waals surface area contributed by atoms with E-state index in [1.54, 1.807) is 48.0 Å². The van der Waals surface area contributed by atoms with Crippen LogP contribution in [0.4, 0.5) is 14.5 Å². The lowest BCUT2D eigenvalue weighted by atomic mass is 10.1. The summed E-state index contributed by atoms with van der Waals surface area (Å²) in [5.74, 6) is -2.67. The molecule has 4 nitrogen and oxygen atoms in total. The smallest absolute Gasteiger partial charge is 0.256 e. The maximum absolute atomic E-state index is 13.4. The first kappa shape index (κ1) is 18.7. The number of para-hydroxylation sites is 1. The zero-order valence-corrected chi connectivity index (χ0v) is 15.1. The van der Waals surface area contributed by atoms with Gasteiger partial charge in [0.25, 0.3) is 11.8 Å². The summed E-state index contributed by atoms with van der Waals surface area (Å²) in [5, 5.41) is 8.95. The largest absolute Gasteiger partial charge is 0.345 e. The minimum atomic E-state index is -0.975. The molecule has 138 valence electrons. The van der Waals surface area contributed by atoms with E-state index in [2.05, 4.69) is 10.6 Å². The summed E-state index contributed by atoms with van der Waals surface area (Å²) in [4.78, 5) is 24.9. The van der Waals surface area contributed by atoms with Gasteiger partial charge in [-0.05, 0) is 48.2 Å². The first-order valence-electron chi connectivity index (χ1n) is 8.14. The lowest BCUT2D eigenvalue weighted by Crippen LogP contribution is -2.28. The molecule has 0 radical (unpaired) electrons. The van der Waals surface area contributed by atoms with Crippen LogP contribution in [0, 0.1) is 11.6 Å². The summed E-state index contributed by atoms with van der Waals surface area (Å²) in [6.45, 7) is 1.66. The van der Waals surface area contributed by atoms with Crippen LogP contribution in [0.3, 0.4) is 0 Å². The Kier molecular flexibility index (Phi) is 5.61. The summed E-state index contributed by atoms with van der Waals surface area (Å²) in [6.07, 6.45) is 0. The number of halogens is 2. The average Bonchev–Trinajstić information content (AvgIpc) is 3.19. The van der Waals surface area contributed by atoms with Crippen LogP contribution in [-0.4, -0.2) is 11.8 Å². The SMILES string of the molecule is CC(NC(=O)c1ccccc1NC(=O)c1ccsc1)c1ccc(F)c(F)c1. The van der Waals surface area contributed by atoms with Gasteiger partial charge in [0.2, 0.25) is 0 Å². The van der Waals surface area contributed by atoms with Crippen molar-refractivity contribution in [2.75, 3.05) is 5.32 Å². The standard InChI is InChI=1S/C20H16F2N2O2S/c1-12(13-6-7-16(21)17(22)10-13)23-20(26)15-4-2-3-5-18(15)24-19(25)14-8-9-27-11-14/h2-12H,1H3,(H,23,26)(H,24,25). The first-order valence-corrected chi connectivity index (χ1v) is 9.08. The van der Waals surface area contributed by atoms with E-state index in [0.29, 0.717) is 16.8 Å². The molecule has 0 spiro atoms. The van der Waals surface area contributed by atoms with Crippen LogP contribution in [0.2, 0.25) is 0 Å². The van der Waals surface area contributed by atoms with E-state index in [1.807, 2.05) is 0 Å². The average molecular weight is 386 g/mol. The molecule has 1 atom stereocenters. The molecular formula is C20H16F2N2O2S. The second-order valence-electron chi connectivity index (χ2n) is 5.88. The van der Waals surface area contributed by atoms with Crippen molar-refractivity contribution in [2.45, 2.75) is 13.0 Å². The summed E-state index contributed by atoms with van der Waals surface area (Å²) in [6, 6.07) is 11.2. The number of nitrogens with one attached hydrogen (secondary N) is 2. The van der Waals surface area contributed by atoms with E-state index in [9.17, 15) is 18.4 Å². The van der Waals surface area contributed by atoms with Gasteiger partial charge in [0.1, 0.15) is 0 Å². The highest BCUT2D eigenvalue weighted by Crippen LogP contribution is 2.20. The van der Waals surface area contributed by atoms with Gasteiger partial charge in [0.05, 0.1) is 22.9 Å². The second kappa shape index (κ2) is 8.09. The third kappa shape index (κ3) is 4.38. The van der Waals surface area contributed by atoms with Crippen LogP contribution in [0.25, 0.3) is 0 Å². The van der Waals surface area contributed by atoms with E-state index in [4.69, 9.17) is 0 Å². The Morgan fingerprint density at radius 3 is 2.48 bits per heavy atom. The molecule has 7 heteroatoms. The van der Waals surface area contributed by atoms with Gasteiger partial charge in [-0.3, -0.25) is 9.59 Å². The Bertz CT molecular complexity index is 974. The molecule has 0 fully saturated rings. The minimum absolute atomic E-state index is 0.274. The van der Waals surface area contributed by atoms with Crippen molar-refractivity contribution in [2.24, 2.45) is 0 Å². The van der Waals surface area contributed by atoms with Crippen LogP contribution >= 0.6 is 11.3 Å². The number of anilines is 1. The zero-order chi connectivity index (χ0) is 19.4. The molecule has 1 unspecified atom stereocenters. The highest BCUT2D eigenvalue weighted by atomic mass is 32.1. The molecule has 3 aromatic rings. The van der Waals surface area contributed by atoms with Gasteiger partial charge in [-0.25, -0.2) is 8.78 Å². The van der Waals surface area contributed by atoms with Gasteiger partial charge in [0, 0.05) is 5.38 Å². The van der Waals surface area contributed by atoms with E-state index in [0.717, 1.165) is 12.1 Å². The molecule has 27 heavy (non-hydrogen) atoms. The Morgan fingerprint density at radius 1 is 1.00 bits per heavy atom. The molecule has 0 bridgehead atoms. The molecule has 1 aromatic heterocycles. The van der Waals surface area contributed by atoms with Crippen molar-refractivity contribution < 1.29 is 18.4 Å². The molecule has 2 aromatic carbocycles. The monoisotopic (exact) mass is 386 g/mol. The molecule has 0 aliphatic rings. The van der Waals surface area contributed by atoms with Crippen molar-refractivity contribution >= 4 is 28.8 Å². The molecular weight excluding hydrogens is 370 g/mol. The highest BCUT2D eigenvalue weighted by molar-refractivity contribution is 7.08. The van der Waals surface area contributed by atoms with Gasteiger partial charge in [-0.15, -0.1) is 0 Å². The van der Waals surface area contributed by atoms with Crippen molar-refractivity contribution in [3.8, 4) is 0 Å². The Balaban J connectivity index is 1.76. The second-order valence-corrected chi connectivity index (χ2v) is 6.66. The lowest BCUT2D eigenvalue weighted by Gasteiger charge is -2.16. The number of rotatable bonds is 5. The fourth-order valence-corrected chi connectivity index (χ4v) is 3.15. The molecule has 0 saturated heterocycles. The summed E-state index contributed by atoms with van der Waals surface area (Å²) < 4.78 is 26.5. The predicted molar refractivity (Wildman–Crippen MR) is 101 cm³/mol. The highest BCUT2D eigenvalue weighted by Gasteiger charge is 2.17. The van der Waals surface area contributed by atoms with Crippen molar-refractivity contribution in [3.63, 3.8) is 0 Å².